The summed E-state index contributed by atoms with van der Waals surface area (Å²) >= 11 is 0. The van der Waals surface area contributed by atoms with Crippen molar-refractivity contribution in [2.45, 2.75) is 119 Å². The van der Waals surface area contributed by atoms with Crippen molar-refractivity contribution in [2.75, 3.05) is 111 Å². The van der Waals surface area contributed by atoms with Crippen LogP contribution in [0.1, 0.15) is 210 Å². The Hall–Kier alpha value is -17.3. The van der Waals surface area contributed by atoms with Crippen molar-refractivity contribution in [3.63, 3.8) is 0 Å². The molecule has 0 spiro atoms. The van der Waals surface area contributed by atoms with Crippen molar-refractivity contribution < 1.29 is 86.0 Å². The van der Waals surface area contributed by atoms with Gasteiger partial charge in [0.2, 0.25) is 35.4 Å². The Morgan fingerprint density at radius 1 is 0.194 bits per heavy atom. The van der Waals surface area contributed by atoms with Crippen LogP contribution in [0.25, 0.3) is 0 Å². The van der Waals surface area contributed by atoms with E-state index in [1.54, 1.807) is 109 Å². The SMILES string of the molecule is CC(=O)Nc1cccc(C(=O)NCCCOc2c3cccc2Cc2cccc(c2OCCCNC(=O)c2cccc(NC(C)=O)n2)Cc2cccc(c2OCCCNC(=O)c2cccc(NC(C)=O)n2)Cc2cccc(c2OCCCNC(=O)c2cccc(NC(C)=O)n2)Cc2cccc(c2OCCCNC(=O)c2cccc(NC(C)=O)n2)Cc2cccc(c2OCCCNC(=O)c2cccc(NC(C)=O)n2)C3)n1. The van der Waals surface area contributed by atoms with Crippen molar-refractivity contribution in [2.24, 2.45) is 0 Å². The number of carbonyl (C=O) groups excluding carboxylic acids is 12. The number of nitrogens with one attached hydrogen (secondary N) is 12. The van der Waals surface area contributed by atoms with Crippen LogP contribution in [0.15, 0.2) is 218 Å². The molecule has 36 heteroatoms. The lowest BCUT2D eigenvalue weighted by Gasteiger charge is -2.23. The minimum absolute atomic E-state index is 0.0903. The summed E-state index contributed by atoms with van der Waals surface area (Å²) in [6.45, 7) is 9.58. The lowest BCUT2D eigenvalue weighted by molar-refractivity contribution is -0.115. The summed E-state index contributed by atoms with van der Waals surface area (Å²) in [4.78, 5) is 181. The number of anilines is 6. The number of ether oxygens (including phenoxy) is 6. The number of amides is 12. The Kier molecular flexibility index (Phi) is 38.0. The first-order chi connectivity index (χ1) is 69.8. The standard InChI is InChI=1S/C108H114N18O18/c1-67(127)115-91-43-13-37-85(121-91)103(133)109-49-19-55-139-97-73-25-7-26-74(97)62-76-28-9-30-78(99(76)141-57-21-51-111-105(135)87-39-15-45-93(123-87)117-69(3)129)64-80-32-11-34-82(101(80)143-59-23-53-113-107(137)89-41-17-47-95(125-89)119-71(5)131)66-84-36-12-35-83(102(84)144-60-24-54-114-108(138)90-42-18-48-96(126-90)120-72(6)132)65-81-33-10-31-79(100(81)142-58-22-52-112-106(136)88-40-16-46-94(124-88)118-70(4)130)63-77-29-8-27-75(61-73)98(77)140-56-20-50-110-104(134)86-38-14-44-92(122-86)116-68(2)128/h7-18,25-48H,19-24,49-66H2,1-6H3,(H,109,133)(H,110,134)(H,111,135)(H,112,136)(H,113,137)(H,114,138)(H,115,121,127)(H,116,122,128)(H,117,123,129)(H,118,124,130)(H,119,125,131)(H,120,126,132). The molecule has 0 saturated heterocycles. The predicted molar refractivity (Wildman–Crippen MR) is 541 cm³/mol. The number of nitrogens with zero attached hydrogens (tertiary/aromatic N) is 6. The zero-order valence-corrected chi connectivity index (χ0v) is 80.8. The maximum absolute atomic E-state index is 13.8. The molecule has 6 aromatic carbocycles. The van der Waals surface area contributed by atoms with Crippen LogP contribution >= 0.6 is 0 Å². The molecule has 36 nitrogen and oxygen atoms in total. The normalized spacial score (nSPS) is 11.4. The van der Waals surface area contributed by atoms with Crippen molar-refractivity contribution in [3.05, 3.63) is 319 Å². The molecule has 744 valence electrons. The minimum atomic E-state index is -0.472. The van der Waals surface area contributed by atoms with Gasteiger partial charge in [0.25, 0.3) is 35.4 Å². The molecule has 12 N–H and O–H groups in total. The van der Waals surface area contributed by atoms with Crippen LogP contribution in [-0.2, 0) is 67.3 Å². The highest BCUT2D eigenvalue weighted by Gasteiger charge is 2.27. The van der Waals surface area contributed by atoms with E-state index in [2.05, 4.69) is 93.7 Å². The third-order valence-corrected chi connectivity index (χ3v) is 22.2. The van der Waals surface area contributed by atoms with E-state index in [-0.39, 0.29) is 222 Å². The molecule has 0 unspecified atom stereocenters. The summed E-state index contributed by atoms with van der Waals surface area (Å²) in [6, 6.07) is 64.1. The molecule has 0 saturated carbocycles. The van der Waals surface area contributed by atoms with E-state index >= 15 is 0 Å². The number of benzene rings is 6. The first-order valence-corrected chi connectivity index (χ1v) is 47.4. The summed E-state index contributed by atoms with van der Waals surface area (Å²) in [6.07, 6.45) is 3.16. The zero-order chi connectivity index (χ0) is 102. The van der Waals surface area contributed by atoms with E-state index in [1.807, 2.05) is 109 Å². The molecular weight excluding hydrogens is 1840 g/mol. The number of pyridine rings is 6. The molecule has 13 rings (SSSR count). The molecule has 144 heavy (non-hydrogen) atoms. The lowest BCUT2D eigenvalue weighted by atomic mass is 9.91. The molecule has 0 fully saturated rings. The molecule has 0 atom stereocenters. The third-order valence-electron chi connectivity index (χ3n) is 22.2. The van der Waals surface area contributed by atoms with Gasteiger partial charge in [-0.1, -0.05) is 146 Å². The maximum atomic E-state index is 13.8. The largest absolute Gasteiger partial charge is 0.493 e. The molecule has 1 aliphatic rings. The van der Waals surface area contributed by atoms with Crippen molar-refractivity contribution in [1.82, 2.24) is 61.8 Å². The smallest absolute Gasteiger partial charge is 0.269 e. The number of hydrogen-bond donors (Lipinski definition) is 12. The topological polar surface area (TPSA) is 482 Å². The third kappa shape index (κ3) is 31.3. The highest BCUT2D eigenvalue weighted by Crippen LogP contribution is 2.41. The van der Waals surface area contributed by atoms with Gasteiger partial charge < -0.3 is 92.2 Å². The minimum Gasteiger partial charge on any atom is -0.493 e. The van der Waals surface area contributed by atoms with E-state index in [1.165, 1.54) is 41.5 Å². The Morgan fingerprint density at radius 2 is 0.319 bits per heavy atom. The molecule has 0 aliphatic heterocycles. The Morgan fingerprint density at radius 3 is 0.444 bits per heavy atom. The molecule has 12 amide bonds. The van der Waals surface area contributed by atoms with Crippen LogP contribution in [-0.4, -0.2) is 180 Å². The van der Waals surface area contributed by atoms with E-state index in [9.17, 15) is 57.5 Å². The Labute approximate surface area is 832 Å². The van der Waals surface area contributed by atoms with Gasteiger partial charge in [0.05, 0.1) is 39.6 Å². The van der Waals surface area contributed by atoms with E-state index in [4.69, 9.17) is 28.4 Å². The second-order valence-corrected chi connectivity index (χ2v) is 33.8. The zero-order valence-electron chi connectivity index (χ0n) is 80.8. The second-order valence-electron chi connectivity index (χ2n) is 33.8. The highest BCUT2D eigenvalue weighted by molar-refractivity contribution is 5.98. The number of aromatic nitrogens is 6. The van der Waals surface area contributed by atoms with Gasteiger partial charge in [-0.2, -0.15) is 0 Å². The number of rotatable bonds is 42. The Bertz CT molecular complexity index is 5540. The monoisotopic (exact) mass is 1950 g/mol. The molecule has 0 radical (unpaired) electrons. The van der Waals surface area contributed by atoms with Gasteiger partial charge in [-0.05, 0) is 178 Å². The van der Waals surface area contributed by atoms with Crippen molar-refractivity contribution >= 4 is 106 Å². The van der Waals surface area contributed by atoms with Gasteiger partial charge in [0.15, 0.2) is 0 Å². The number of hydrogen-bond acceptors (Lipinski definition) is 24. The van der Waals surface area contributed by atoms with Crippen LogP contribution in [0.3, 0.4) is 0 Å². The predicted octanol–water partition coefficient (Wildman–Crippen LogP) is 12.9. The number of para-hydroxylation sites is 6. The van der Waals surface area contributed by atoms with E-state index in [0.29, 0.717) is 73.0 Å². The fourth-order valence-corrected chi connectivity index (χ4v) is 15.9. The first kappa shape index (κ1) is 104. The van der Waals surface area contributed by atoms with E-state index < -0.39 is 35.4 Å². The quantitative estimate of drug-likeness (QED) is 0.0158. The van der Waals surface area contributed by atoms with Gasteiger partial charge in [-0.25, -0.2) is 29.9 Å². The second kappa shape index (κ2) is 52.6. The van der Waals surface area contributed by atoms with Crippen LogP contribution in [0.2, 0.25) is 0 Å². The lowest BCUT2D eigenvalue weighted by Crippen LogP contribution is -2.27. The molecule has 1 aliphatic carbocycles. The molecular formula is C108H114N18O18. The average Bonchev–Trinajstić information content (AvgIpc) is 0.792. The molecule has 12 aromatic rings. The van der Waals surface area contributed by atoms with Gasteiger partial charge in [-0.15, -0.1) is 0 Å². The van der Waals surface area contributed by atoms with Gasteiger partial charge >= 0.3 is 0 Å². The summed E-state index contributed by atoms with van der Waals surface area (Å²) < 4.78 is 42.7. The number of fused-ring (bicyclic) bond motifs is 12. The summed E-state index contributed by atoms with van der Waals surface area (Å²) in [7, 11) is 0. The van der Waals surface area contributed by atoms with Crippen LogP contribution in [0, 0.1) is 0 Å². The maximum Gasteiger partial charge on any atom is 0.269 e. The fourth-order valence-electron chi connectivity index (χ4n) is 15.9. The summed E-state index contributed by atoms with van der Waals surface area (Å²) in [5.41, 5.74) is 9.46. The first-order valence-electron chi connectivity index (χ1n) is 47.4. The molecule has 6 aromatic heterocycles. The van der Waals surface area contributed by atoms with Crippen LogP contribution < -0.4 is 92.2 Å². The summed E-state index contributed by atoms with van der Waals surface area (Å²) in [5.74, 6) is -0.518. The van der Waals surface area contributed by atoms with E-state index in [0.717, 1.165) is 66.8 Å². The Balaban J connectivity index is 0.923. The van der Waals surface area contributed by atoms with Gasteiger partial charge in [0.1, 0.15) is 104 Å². The van der Waals surface area contributed by atoms with Gasteiger partial charge in [-0.3, -0.25) is 57.5 Å². The van der Waals surface area contributed by atoms with Crippen molar-refractivity contribution in [1.29, 1.82) is 0 Å². The molecule has 12 bridgehead atoms. The molecule has 6 heterocycles. The van der Waals surface area contributed by atoms with Gasteiger partial charge in [0, 0.05) is 119 Å². The van der Waals surface area contributed by atoms with Crippen LogP contribution in [0.5, 0.6) is 34.5 Å². The fraction of sp³-hybridized carbons (Fsp3) is 0.278. The summed E-state index contributed by atoms with van der Waals surface area (Å²) in [5, 5.41) is 33.5. The van der Waals surface area contributed by atoms with Crippen molar-refractivity contribution in [3.8, 4) is 34.5 Å². The number of carbonyl (C=O) groups is 12. The van der Waals surface area contributed by atoms with Crippen LogP contribution in [0.4, 0.5) is 34.9 Å². The highest BCUT2D eigenvalue weighted by atomic mass is 16.5. The average molecular weight is 1950 g/mol.